The van der Waals surface area contributed by atoms with Gasteiger partial charge in [0.1, 0.15) is 0 Å². The summed E-state index contributed by atoms with van der Waals surface area (Å²) in [5, 5.41) is 17.6. The molecule has 1 amide bonds. The lowest BCUT2D eigenvalue weighted by Gasteiger charge is -2.06. The molecule has 0 aromatic carbocycles. The number of amides is 1. The van der Waals surface area contributed by atoms with E-state index < -0.39 is 0 Å². The zero-order valence-corrected chi connectivity index (χ0v) is 13.8. The van der Waals surface area contributed by atoms with Gasteiger partial charge in [0.2, 0.25) is 0 Å². The fraction of sp³-hybridized carbons (Fsp3) is 0.267. The average Bonchev–Trinajstić information content (AvgIpc) is 3.03. The summed E-state index contributed by atoms with van der Waals surface area (Å²) >= 11 is 0. The van der Waals surface area contributed by atoms with Crippen LogP contribution in [0.2, 0.25) is 0 Å². The van der Waals surface area contributed by atoms with Crippen LogP contribution >= 0.6 is 0 Å². The van der Waals surface area contributed by atoms with E-state index in [9.17, 15) is 9.59 Å². The van der Waals surface area contributed by atoms with Gasteiger partial charge in [0.05, 0.1) is 34.5 Å². The van der Waals surface area contributed by atoms with Gasteiger partial charge in [-0.3, -0.25) is 14.3 Å². The number of rotatable bonds is 3. The van der Waals surface area contributed by atoms with Gasteiger partial charge in [0.15, 0.2) is 5.82 Å². The summed E-state index contributed by atoms with van der Waals surface area (Å²) in [6.07, 6.45) is 1.47. The van der Waals surface area contributed by atoms with Crippen LogP contribution in [0.1, 0.15) is 27.4 Å². The maximum atomic E-state index is 12.6. The van der Waals surface area contributed by atoms with Gasteiger partial charge in [-0.25, -0.2) is 9.78 Å². The molecule has 0 saturated heterocycles. The summed E-state index contributed by atoms with van der Waals surface area (Å²) in [6, 6.07) is 2.89. The van der Waals surface area contributed by atoms with E-state index in [1.54, 1.807) is 11.6 Å². The van der Waals surface area contributed by atoms with E-state index in [-0.39, 0.29) is 11.5 Å². The second kappa shape index (κ2) is 5.76. The van der Waals surface area contributed by atoms with Crippen LogP contribution in [0.5, 0.6) is 0 Å². The Hall–Kier alpha value is -3.23. The topological polar surface area (TPSA) is 110 Å². The van der Waals surface area contributed by atoms with E-state index in [2.05, 4.69) is 25.7 Å². The van der Waals surface area contributed by atoms with Crippen LogP contribution in [0.25, 0.3) is 5.82 Å². The monoisotopic (exact) mass is 327 g/mol. The highest BCUT2D eigenvalue weighted by Gasteiger charge is 2.19. The maximum Gasteiger partial charge on any atom is 0.264 e. The molecule has 0 bridgehead atoms. The molecule has 0 atom stereocenters. The molecule has 9 nitrogen and oxygen atoms in total. The van der Waals surface area contributed by atoms with E-state index in [4.69, 9.17) is 0 Å². The summed E-state index contributed by atoms with van der Waals surface area (Å²) in [5.41, 5.74) is 3.04. The number of aromatic amines is 1. The number of carbonyl (C=O) groups is 1. The van der Waals surface area contributed by atoms with Gasteiger partial charge in [0.25, 0.3) is 11.5 Å². The van der Waals surface area contributed by atoms with Crippen LogP contribution in [0.4, 0.5) is 5.69 Å². The van der Waals surface area contributed by atoms with Crippen LogP contribution < -0.4 is 10.9 Å². The van der Waals surface area contributed by atoms with Crippen molar-refractivity contribution < 1.29 is 4.79 Å². The lowest BCUT2D eigenvalue weighted by Crippen LogP contribution is -2.15. The Kier molecular flexibility index (Phi) is 3.76. The average molecular weight is 327 g/mol. The van der Waals surface area contributed by atoms with Crippen LogP contribution in [0, 0.1) is 20.8 Å². The largest absolute Gasteiger partial charge is 0.319 e. The Bertz CT molecular complexity index is 960. The van der Waals surface area contributed by atoms with Crippen LogP contribution in [-0.2, 0) is 7.05 Å². The van der Waals surface area contributed by atoms with Crippen molar-refractivity contribution in [1.82, 2.24) is 29.8 Å². The molecule has 0 aliphatic heterocycles. The molecule has 124 valence electrons. The van der Waals surface area contributed by atoms with Crippen molar-refractivity contribution in [2.45, 2.75) is 20.8 Å². The first kappa shape index (κ1) is 15.7. The standard InChI is InChI=1S/C15H17N7O2/c1-8-14(10(3)21(4)20-8)17-15(24)11-7-16-22(9(11)2)12-5-6-13(23)19-18-12/h5-7H,1-4H3,(H,17,24)(H,19,23). The summed E-state index contributed by atoms with van der Waals surface area (Å²) < 4.78 is 3.21. The van der Waals surface area contributed by atoms with E-state index in [0.717, 1.165) is 11.4 Å². The maximum absolute atomic E-state index is 12.6. The predicted octanol–water partition coefficient (Wildman–Crippen LogP) is 0.867. The van der Waals surface area contributed by atoms with Crippen molar-refractivity contribution in [1.29, 1.82) is 0 Å². The van der Waals surface area contributed by atoms with E-state index in [0.29, 0.717) is 22.8 Å². The molecule has 3 heterocycles. The quantitative estimate of drug-likeness (QED) is 0.741. The molecule has 0 aliphatic carbocycles. The first-order valence-electron chi connectivity index (χ1n) is 7.30. The van der Waals surface area contributed by atoms with Gasteiger partial charge in [-0.05, 0) is 26.8 Å². The Morgan fingerprint density at radius 1 is 1.21 bits per heavy atom. The first-order valence-corrected chi connectivity index (χ1v) is 7.30. The molecular weight excluding hydrogens is 310 g/mol. The minimum Gasteiger partial charge on any atom is -0.319 e. The van der Waals surface area contributed by atoms with Crippen LogP contribution in [0.3, 0.4) is 0 Å². The Balaban J connectivity index is 1.91. The molecule has 0 spiro atoms. The minimum atomic E-state index is -0.302. The number of hydrogen-bond acceptors (Lipinski definition) is 5. The van der Waals surface area contributed by atoms with Gasteiger partial charge in [-0.1, -0.05) is 0 Å². The Morgan fingerprint density at radius 3 is 2.54 bits per heavy atom. The molecule has 3 aromatic rings. The van der Waals surface area contributed by atoms with Crippen LogP contribution in [-0.4, -0.2) is 35.7 Å². The number of nitrogens with one attached hydrogen (secondary N) is 2. The second-order valence-electron chi connectivity index (χ2n) is 5.46. The highest BCUT2D eigenvalue weighted by molar-refractivity contribution is 6.05. The molecule has 0 fully saturated rings. The summed E-state index contributed by atoms with van der Waals surface area (Å²) in [5.74, 6) is 0.155. The number of hydrogen-bond donors (Lipinski definition) is 2. The smallest absolute Gasteiger partial charge is 0.264 e. The van der Waals surface area contributed by atoms with Gasteiger partial charge >= 0.3 is 0 Å². The molecule has 2 N–H and O–H groups in total. The molecule has 0 radical (unpaired) electrons. The lowest BCUT2D eigenvalue weighted by atomic mass is 10.2. The molecule has 9 heteroatoms. The predicted molar refractivity (Wildman–Crippen MR) is 87.4 cm³/mol. The molecule has 0 saturated carbocycles. The van der Waals surface area contributed by atoms with Crippen LogP contribution in [0.15, 0.2) is 23.1 Å². The van der Waals surface area contributed by atoms with Gasteiger partial charge in [-0.2, -0.15) is 15.3 Å². The lowest BCUT2D eigenvalue weighted by molar-refractivity contribution is 0.102. The second-order valence-corrected chi connectivity index (χ2v) is 5.46. The van der Waals surface area contributed by atoms with E-state index in [1.807, 2.05) is 20.9 Å². The fourth-order valence-electron chi connectivity index (χ4n) is 2.45. The molecule has 3 aromatic heterocycles. The Labute approximate surface area is 137 Å². The van der Waals surface area contributed by atoms with Crippen molar-refractivity contribution in [3.8, 4) is 5.82 Å². The van der Waals surface area contributed by atoms with Crippen molar-refractivity contribution in [2.24, 2.45) is 7.05 Å². The zero-order chi connectivity index (χ0) is 17.4. The van der Waals surface area contributed by atoms with E-state index >= 15 is 0 Å². The van der Waals surface area contributed by atoms with E-state index in [1.165, 1.54) is 23.0 Å². The number of aromatic nitrogens is 6. The Morgan fingerprint density at radius 2 is 1.96 bits per heavy atom. The van der Waals surface area contributed by atoms with Crippen molar-refractivity contribution in [3.63, 3.8) is 0 Å². The first-order chi connectivity index (χ1) is 11.4. The summed E-state index contributed by atoms with van der Waals surface area (Å²) in [4.78, 5) is 23.7. The minimum absolute atomic E-state index is 0.276. The normalized spacial score (nSPS) is 10.8. The number of aryl methyl sites for hydroxylation is 2. The van der Waals surface area contributed by atoms with Crippen molar-refractivity contribution in [2.75, 3.05) is 5.32 Å². The summed E-state index contributed by atoms with van der Waals surface area (Å²) in [7, 11) is 1.82. The molecular formula is C15H17N7O2. The molecule has 0 aliphatic rings. The van der Waals surface area contributed by atoms with Gasteiger partial charge < -0.3 is 5.32 Å². The molecule has 0 unspecified atom stereocenters. The SMILES string of the molecule is Cc1nn(C)c(C)c1NC(=O)c1cnn(-c2ccc(=O)[nH]n2)c1C. The highest BCUT2D eigenvalue weighted by atomic mass is 16.1. The number of H-pyrrole nitrogens is 1. The van der Waals surface area contributed by atoms with Crippen molar-refractivity contribution in [3.05, 3.63) is 51.3 Å². The molecule has 24 heavy (non-hydrogen) atoms. The third-order valence-corrected chi connectivity index (χ3v) is 3.88. The fourth-order valence-corrected chi connectivity index (χ4v) is 2.45. The van der Waals surface area contributed by atoms with Gasteiger partial charge in [-0.15, -0.1) is 0 Å². The zero-order valence-electron chi connectivity index (χ0n) is 13.8. The van der Waals surface area contributed by atoms with Crippen molar-refractivity contribution >= 4 is 11.6 Å². The molecule has 3 rings (SSSR count). The number of anilines is 1. The third-order valence-electron chi connectivity index (χ3n) is 3.88. The summed E-state index contributed by atoms with van der Waals surface area (Å²) in [6.45, 7) is 5.48. The van der Waals surface area contributed by atoms with Gasteiger partial charge in [0, 0.05) is 13.1 Å². The third kappa shape index (κ3) is 2.60. The highest BCUT2D eigenvalue weighted by Crippen LogP contribution is 2.20. The number of nitrogens with zero attached hydrogens (tertiary/aromatic N) is 5. The number of carbonyl (C=O) groups excluding carboxylic acids is 1.